The zero-order chi connectivity index (χ0) is 21.9. The molecule has 8 heteroatoms. The highest BCUT2D eigenvalue weighted by molar-refractivity contribution is 5.81. The van der Waals surface area contributed by atoms with Crippen LogP contribution in [0, 0.1) is 0 Å². The number of hydrogen-bond acceptors (Lipinski definition) is 5. The number of rotatable bonds is 6. The van der Waals surface area contributed by atoms with Crippen molar-refractivity contribution in [1.29, 1.82) is 0 Å². The fourth-order valence-corrected chi connectivity index (χ4v) is 3.39. The first-order valence-corrected chi connectivity index (χ1v) is 9.84. The van der Waals surface area contributed by atoms with Crippen LogP contribution in [-0.4, -0.2) is 26.8 Å². The molecule has 0 atom stereocenters. The van der Waals surface area contributed by atoms with Gasteiger partial charge in [-0.25, -0.2) is 4.98 Å². The van der Waals surface area contributed by atoms with Crippen molar-refractivity contribution >= 4 is 22.4 Å². The van der Waals surface area contributed by atoms with Crippen LogP contribution in [0.2, 0.25) is 0 Å². The molecule has 0 aliphatic rings. The normalized spacial score (nSPS) is 11.1. The summed E-state index contributed by atoms with van der Waals surface area (Å²) in [6.45, 7) is -2.87. The van der Waals surface area contributed by atoms with Gasteiger partial charge >= 0.3 is 6.61 Å². The first kappa shape index (κ1) is 19.6. The number of anilines is 2. The number of aromatic amines is 1. The number of fused-ring (bicyclic) bond motifs is 1. The van der Waals surface area contributed by atoms with Gasteiger partial charge in [-0.15, -0.1) is 0 Å². The van der Waals surface area contributed by atoms with Crippen molar-refractivity contribution in [3.8, 4) is 28.4 Å². The van der Waals surface area contributed by atoms with Gasteiger partial charge in [0.2, 0.25) is 0 Å². The molecule has 0 unspecified atom stereocenters. The minimum Gasteiger partial charge on any atom is -0.435 e. The van der Waals surface area contributed by atoms with E-state index < -0.39 is 6.61 Å². The van der Waals surface area contributed by atoms with Gasteiger partial charge < -0.3 is 15.0 Å². The van der Waals surface area contributed by atoms with E-state index in [0.717, 1.165) is 28.2 Å². The van der Waals surface area contributed by atoms with Gasteiger partial charge in [0.05, 0.1) is 16.7 Å². The Morgan fingerprint density at radius 3 is 2.50 bits per heavy atom. The third kappa shape index (κ3) is 4.24. The lowest BCUT2D eigenvalue weighted by Gasteiger charge is -2.08. The first-order chi connectivity index (χ1) is 15.6. The molecule has 5 rings (SSSR count). The van der Waals surface area contributed by atoms with Gasteiger partial charge in [-0.2, -0.15) is 19.0 Å². The topological polar surface area (TPSA) is 75.7 Å². The summed E-state index contributed by atoms with van der Waals surface area (Å²) in [7, 11) is 0. The highest BCUT2D eigenvalue weighted by Crippen LogP contribution is 2.28. The Labute approximate surface area is 181 Å². The minimum absolute atomic E-state index is 0.0862. The van der Waals surface area contributed by atoms with Crippen molar-refractivity contribution in [2.24, 2.45) is 0 Å². The molecule has 0 radical (unpaired) electrons. The lowest BCUT2D eigenvalue weighted by atomic mass is 10.1. The molecule has 0 saturated carbocycles. The summed E-state index contributed by atoms with van der Waals surface area (Å²) in [4.78, 5) is 7.72. The molecule has 0 bridgehead atoms. The van der Waals surface area contributed by atoms with Crippen molar-refractivity contribution in [3.63, 3.8) is 0 Å². The number of alkyl halides is 2. The third-order valence-electron chi connectivity index (χ3n) is 4.86. The van der Waals surface area contributed by atoms with Crippen LogP contribution in [-0.2, 0) is 0 Å². The maximum atomic E-state index is 12.5. The molecule has 0 aliphatic carbocycles. The van der Waals surface area contributed by atoms with Crippen LogP contribution in [0.15, 0.2) is 85.1 Å². The van der Waals surface area contributed by atoms with E-state index in [9.17, 15) is 8.78 Å². The Morgan fingerprint density at radius 1 is 0.844 bits per heavy atom. The second kappa shape index (κ2) is 8.43. The second-order valence-corrected chi connectivity index (χ2v) is 7.03. The van der Waals surface area contributed by atoms with Crippen LogP contribution in [0.5, 0.6) is 5.75 Å². The summed E-state index contributed by atoms with van der Waals surface area (Å²) in [6, 6.07) is 24.1. The summed E-state index contributed by atoms with van der Waals surface area (Å²) in [5.41, 5.74) is 5.75. The Balaban J connectivity index is 1.36. The molecule has 2 aromatic heterocycles. The van der Waals surface area contributed by atoms with E-state index in [-0.39, 0.29) is 5.75 Å². The Hall–Kier alpha value is -4.33. The predicted octanol–water partition coefficient (Wildman–Crippen LogP) is 6.03. The summed E-state index contributed by atoms with van der Waals surface area (Å²) >= 11 is 0. The molecule has 2 N–H and O–H groups in total. The standard InChI is InChI=1S/C24H17F2N5O/c25-24(26)32-19-10-11-21-22(14-19)30-23(29-21)16-3-1-4-18(13-16)28-17-8-6-15(7-9-17)20-5-2-12-27-31-20/h1-14,24,28H,(H,29,30). The molecular formula is C24H17F2N5O. The maximum Gasteiger partial charge on any atom is 0.387 e. The largest absolute Gasteiger partial charge is 0.435 e. The van der Waals surface area contributed by atoms with Crippen LogP contribution in [0.25, 0.3) is 33.7 Å². The van der Waals surface area contributed by atoms with Crippen LogP contribution >= 0.6 is 0 Å². The number of ether oxygens (including phenoxy) is 1. The molecule has 0 spiro atoms. The number of nitrogens with one attached hydrogen (secondary N) is 2. The van der Waals surface area contributed by atoms with E-state index in [2.05, 4.69) is 30.2 Å². The molecule has 32 heavy (non-hydrogen) atoms. The summed E-state index contributed by atoms with van der Waals surface area (Å²) in [6.07, 6.45) is 1.64. The zero-order valence-corrected chi connectivity index (χ0v) is 16.7. The molecule has 0 amide bonds. The van der Waals surface area contributed by atoms with Gasteiger partial charge in [-0.1, -0.05) is 24.3 Å². The maximum absolute atomic E-state index is 12.5. The number of benzene rings is 3. The first-order valence-electron chi connectivity index (χ1n) is 9.84. The average Bonchev–Trinajstić information content (AvgIpc) is 3.24. The predicted molar refractivity (Wildman–Crippen MR) is 119 cm³/mol. The fraction of sp³-hybridized carbons (Fsp3) is 0.0417. The van der Waals surface area contributed by atoms with Crippen molar-refractivity contribution in [2.75, 3.05) is 5.32 Å². The van der Waals surface area contributed by atoms with Gasteiger partial charge in [0, 0.05) is 34.8 Å². The van der Waals surface area contributed by atoms with Crippen LogP contribution in [0.1, 0.15) is 0 Å². The van der Waals surface area contributed by atoms with Crippen molar-refractivity contribution < 1.29 is 13.5 Å². The number of H-pyrrole nitrogens is 1. The summed E-state index contributed by atoms with van der Waals surface area (Å²) < 4.78 is 29.4. The molecule has 5 aromatic rings. The van der Waals surface area contributed by atoms with Gasteiger partial charge in [-0.3, -0.25) is 0 Å². The Kier molecular flexibility index (Phi) is 5.17. The van der Waals surface area contributed by atoms with E-state index in [1.807, 2.05) is 60.7 Å². The van der Waals surface area contributed by atoms with Gasteiger partial charge in [-0.05, 0) is 48.5 Å². The molecule has 2 heterocycles. The lowest BCUT2D eigenvalue weighted by molar-refractivity contribution is -0.0497. The van der Waals surface area contributed by atoms with Crippen LogP contribution in [0.4, 0.5) is 20.2 Å². The molecule has 6 nitrogen and oxygen atoms in total. The van der Waals surface area contributed by atoms with E-state index >= 15 is 0 Å². The molecule has 0 fully saturated rings. The smallest absolute Gasteiger partial charge is 0.387 e. The Bertz CT molecular complexity index is 1350. The van der Waals surface area contributed by atoms with E-state index in [1.165, 1.54) is 12.1 Å². The zero-order valence-electron chi connectivity index (χ0n) is 16.7. The second-order valence-electron chi connectivity index (χ2n) is 7.03. The highest BCUT2D eigenvalue weighted by atomic mass is 19.3. The van der Waals surface area contributed by atoms with Crippen molar-refractivity contribution in [1.82, 2.24) is 20.2 Å². The third-order valence-corrected chi connectivity index (χ3v) is 4.86. The van der Waals surface area contributed by atoms with Gasteiger partial charge in [0.25, 0.3) is 0 Å². The monoisotopic (exact) mass is 429 g/mol. The van der Waals surface area contributed by atoms with Crippen LogP contribution < -0.4 is 10.1 Å². The lowest BCUT2D eigenvalue weighted by Crippen LogP contribution is -2.01. The van der Waals surface area contributed by atoms with Crippen molar-refractivity contribution in [3.05, 3.63) is 85.1 Å². The highest BCUT2D eigenvalue weighted by Gasteiger charge is 2.10. The quantitative estimate of drug-likeness (QED) is 0.345. The van der Waals surface area contributed by atoms with Gasteiger partial charge in [0.15, 0.2) is 0 Å². The van der Waals surface area contributed by atoms with Crippen molar-refractivity contribution in [2.45, 2.75) is 6.61 Å². The molecule has 0 saturated heterocycles. The molecule has 0 aliphatic heterocycles. The number of aromatic nitrogens is 4. The number of halogens is 2. The SMILES string of the molecule is FC(F)Oc1ccc2nc(-c3cccc(Nc4ccc(-c5cccnn5)cc4)c3)[nH]c2c1. The van der Waals surface area contributed by atoms with E-state index in [0.29, 0.717) is 16.9 Å². The van der Waals surface area contributed by atoms with Crippen LogP contribution in [0.3, 0.4) is 0 Å². The number of hydrogen-bond donors (Lipinski definition) is 2. The Morgan fingerprint density at radius 2 is 1.72 bits per heavy atom. The summed E-state index contributed by atoms with van der Waals surface area (Å²) in [5.74, 6) is 0.721. The summed E-state index contributed by atoms with van der Waals surface area (Å²) in [5, 5.41) is 11.4. The molecular weight excluding hydrogens is 412 g/mol. The average molecular weight is 429 g/mol. The van der Waals surface area contributed by atoms with E-state index in [1.54, 1.807) is 12.3 Å². The minimum atomic E-state index is -2.87. The number of nitrogens with zero attached hydrogens (tertiary/aromatic N) is 3. The van der Waals surface area contributed by atoms with E-state index in [4.69, 9.17) is 0 Å². The van der Waals surface area contributed by atoms with Gasteiger partial charge in [0.1, 0.15) is 11.6 Å². The number of imidazole rings is 1. The molecule has 158 valence electrons. The fourth-order valence-electron chi connectivity index (χ4n) is 3.39. The molecule has 3 aromatic carbocycles.